The summed E-state index contributed by atoms with van der Waals surface area (Å²) in [6, 6.07) is 1.46. The summed E-state index contributed by atoms with van der Waals surface area (Å²) in [6.45, 7) is 3.21. The van der Waals surface area contributed by atoms with Gasteiger partial charge in [0.15, 0.2) is 5.82 Å². The first-order valence-electron chi connectivity index (χ1n) is 5.82. The molecule has 0 saturated carbocycles. The van der Waals surface area contributed by atoms with Crippen molar-refractivity contribution >= 4 is 28.7 Å². The molecule has 1 heterocycles. The third kappa shape index (κ3) is 2.47. The van der Waals surface area contributed by atoms with Crippen molar-refractivity contribution in [3.05, 3.63) is 16.9 Å². The van der Waals surface area contributed by atoms with Crippen LogP contribution in [0.15, 0.2) is 6.07 Å². The van der Waals surface area contributed by atoms with Crippen LogP contribution in [0.3, 0.4) is 0 Å². The third-order valence-electron chi connectivity index (χ3n) is 3.13. The third-order valence-corrected chi connectivity index (χ3v) is 3.51. The Morgan fingerprint density at radius 1 is 1.44 bits per heavy atom. The van der Waals surface area contributed by atoms with Gasteiger partial charge in [0, 0.05) is 6.61 Å². The molecule has 0 bridgehead atoms. The van der Waals surface area contributed by atoms with E-state index < -0.39 is 5.82 Å². The van der Waals surface area contributed by atoms with Gasteiger partial charge < -0.3 is 21.5 Å². The predicted octanol–water partition coefficient (Wildman–Crippen LogP) is 2.62. The van der Waals surface area contributed by atoms with Crippen LogP contribution in [-0.2, 0) is 4.74 Å². The van der Waals surface area contributed by atoms with Gasteiger partial charge in [0.2, 0.25) is 0 Å². The van der Waals surface area contributed by atoms with Gasteiger partial charge >= 0.3 is 0 Å². The molecule has 0 amide bonds. The number of rotatable bonds is 2. The highest BCUT2D eigenvalue weighted by atomic mass is 35.5. The summed E-state index contributed by atoms with van der Waals surface area (Å²) in [5, 5.41) is 2.99. The molecule has 0 spiro atoms. The molecular formula is C12H17ClFN3O. The zero-order valence-corrected chi connectivity index (χ0v) is 11.0. The molecule has 1 aromatic rings. The Kier molecular flexibility index (Phi) is 3.54. The quantitative estimate of drug-likeness (QED) is 0.724. The zero-order valence-electron chi connectivity index (χ0n) is 10.2. The van der Waals surface area contributed by atoms with Gasteiger partial charge in [-0.1, -0.05) is 11.6 Å². The van der Waals surface area contributed by atoms with Crippen molar-refractivity contribution in [1.82, 2.24) is 0 Å². The predicted molar refractivity (Wildman–Crippen MR) is 72.3 cm³/mol. The lowest BCUT2D eigenvalue weighted by Crippen LogP contribution is -2.43. The number of anilines is 3. The molecule has 1 unspecified atom stereocenters. The Morgan fingerprint density at radius 3 is 2.78 bits per heavy atom. The van der Waals surface area contributed by atoms with Crippen molar-refractivity contribution in [2.75, 3.05) is 30.0 Å². The maximum atomic E-state index is 14.1. The van der Waals surface area contributed by atoms with Crippen molar-refractivity contribution in [2.24, 2.45) is 0 Å². The van der Waals surface area contributed by atoms with Crippen LogP contribution in [-0.4, -0.2) is 18.8 Å². The van der Waals surface area contributed by atoms with Gasteiger partial charge in [0.1, 0.15) is 5.02 Å². The van der Waals surface area contributed by atoms with Crippen LogP contribution in [0.1, 0.15) is 19.8 Å². The normalized spacial score (nSPS) is 23.9. The van der Waals surface area contributed by atoms with Gasteiger partial charge in [-0.2, -0.15) is 0 Å². The summed E-state index contributed by atoms with van der Waals surface area (Å²) in [4.78, 5) is 0. The largest absolute Gasteiger partial charge is 0.397 e. The van der Waals surface area contributed by atoms with Crippen LogP contribution in [0.5, 0.6) is 0 Å². The highest BCUT2D eigenvalue weighted by Crippen LogP contribution is 2.36. The lowest BCUT2D eigenvalue weighted by molar-refractivity contribution is 0.0539. The SMILES string of the molecule is CC1(Nc2c(N)cc(N)c(Cl)c2F)CCCOC1. The number of benzene rings is 1. The highest BCUT2D eigenvalue weighted by Gasteiger charge is 2.29. The van der Waals surface area contributed by atoms with Gasteiger partial charge in [-0.15, -0.1) is 0 Å². The minimum Gasteiger partial charge on any atom is -0.397 e. The molecule has 4 nitrogen and oxygen atoms in total. The van der Waals surface area contributed by atoms with E-state index in [-0.39, 0.29) is 27.6 Å². The summed E-state index contributed by atoms with van der Waals surface area (Å²) in [5.41, 5.74) is 11.6. The zero-order chi connectivity index (χ0) is 13.3. The van der Waals surface area contributed by atoms with Gasteiger partial charge in [-0.3, -0.25) is 0 Å². The lowest BCUT2D eigenvalue weighted by Gasteiger charge is -2.35. The Bertz CT molecular complexity index is 461. The van der Waals surface area contributed by atoms with E-state index in [4.69, 9.17) is 27.8 Å². The van der Waals surface area contributed by atoms with E-state index in [1.165, 1.54) is 6.07 Å². The molecule has 1 fully saturated rings. The highest BCUT2D eigenvalue weighted by molar-refractivity contribution is 6.33. The van der Waals surface area contributed by atoms with Crippen LogP contribution in [0.25, 0.3) is 0 Å². The number of hydrogen-bond acceptors (Lipinski definition) is 4. The Hall–Kier alpha value is -1.20. The van der Waals surface area contributed by atoms with Crippen molar-refractivity contribution in [1.29, 1.82) is 0 Å². The molecule has 1 saturated heterocycles. The number of ether oxygens (including phenoxy) is 1. The number of nitrogens with two attached hydrogens (primary N) is 2. The molecule has 100 valence electrons. The van der Waals surface area contributed by atoms with Crippen LogP contribution in [0, 0.1) is 5.82 Å². The molecule has 1 aromatic carbocycles. The molecule has 6 heteroatoms. The first-order chi connectivity index (χ1) is 8.43. The summed E-state index contributed by atoms with van der Waals surface area (Å²) in [5.74, 6) is -0.610. The van der Waals surface area contributed by atoms with Crippen molar-refractivity contribution in [3.8, 4) is 0 Å². The van der Waals surface area contributed by atoms with E-state index in [9.17, 15) is 4.39 Å². The Morgan fingerprint density at radius 2 is 2.17 bits per heavy atom. The van der Waals surface area contributed by atoms with E-state index in [1.807, 2.05) is 6.92 Å². The second-order valence-electron chi connectivity index (χ2n) is 4.90. The molecule has 18 heavy (non-hydrogen) atoms. The van der Waals surface area contributed by atoms with E-state index >= 15 is 0 Å². The van der Waals surface area contributed by atoms with E-state index in [0.717, 1.165) is 19.4 Å². The number of nitrogen functional groups attached to an aromatic ring is 2. The molecule has 2 rings (SSSR count). The minimum atomic E-state index is -0.610. The molecular weight excluding hydrogens is 257 g/mol. The van der Waals surface area contributed by atoms with Gasteiger partial charge in [0.25, 0.3) is 0 Å². The summed E-state index contributed by atoms with van der Waals surface area (Å²) in [6.07, 6.45) is 1.81. The smallest absolute Gasteiger partial charge is 0.169 e. The van der Waals surface area contributed by atoms with E-state index in [2.05, 4.69) is 5.32 Å². The average molecular weight is 274 g/mol. The second kappa shape index (κ2) is 4.82. The first-order valence-corrected chi connectivity index (χ1v) is 6.20. The molecule has 1 aliphatic heterocycles. The lowest BCUT2D eigenvalue weighted by atomic mass is 9.94. The van der Waals surface area contributed by atoms with E-state index in [1.54, 1.807) is 0 Å². The molecule has 1 atom stereocenters. The molecule has 0 aromatic heterocycles. The van der Waals surface area contributed by atoms with Crippen LogP contribution in [0.2, 0.25) is 5.02 Å². The fourth-order valence-electron chi connectivity index (χ4n) is 2.13. The summed E-state index contributed by atoms with van der Waals surface area (Å²) in [7, 11) is 0. The van der Waals surface area contributed by atoms with Crippen LogP contribution < -0.4 is 16.8 Å². The topological polar surface area (TPSA) is 73.3 Å². The molecule has 0 aliphatic carbocycles. The summed E-state index contributed by atoms with van der Waals surface area (Å²) >= 11 is 5.79. The molecule has 1 aliphatic rings. The second-order valence-corrected chi connectivity index (χ2v) is 5.28. The maximum Gasteiger partial charge on any atom is 0.169 e. The number of nitrogens with one attached hydrogen (secondary N) is 1. The van der Waals surface area contributed by atoms with Gasteiger partial charge in [-0.25, -0.2) is 4.39 Å². The average Bonchev–Trinajstić information content (AvgIpc) is 2.33. The Labute approximate surface area is 110 Å². The van der Waals surface area contributed by atoms with Crippen molar-refractivity contribution in [3.63, 3.8) is 0 Å². The van der Waals surface area contributed by atoms with Crippen LogP contribution >= 0.6 is 11.6 Å². The standard InChI is InChI=1S/C12H17ClFN3O/c1-12(3-2-4-18-6-12)17-11-8(16)5-7(15)9(13)10(11)14/h5,17H,2-4,6,15-16H2,1H3. The monoisotopic (exact) mass is 273 g/mol. The fourth-order valence-corrected chi connectivity index (χ4v) is 2.28. The number of hydrogen-bond donors (Lipinski definition) is 3. The number of halogens is 2. The molecule has 5 N–H and O–H groups in total. The Balaban J connectivity index is 2.31. The van der Waals surface area contributed by atoms with E-state index in [0.29, 0.717) is 6.61 Å². The van der Waals surface area contributed by atoms with Gasteiger partial charge in [-0.05, 0) is 25.8 Å². The van der Waals surface area contributed by atoms with Crippen molar-refractivity contribution < 1.29 is 9.13 Å². The molecule has 0 radical (unpaired) electrons. The summed E-state index contributed by atoms with van der Waals surface area (Å²) < 4.78 is 19.5. The minimum absolute atomic E-state index is 0.105. The van der Waals surface area contributed by atoms with Crippen molar-refractivity contribution in [2.45, 2.75) is 25.3 Å². The van der Waals surface area contributed by atoms with Gasteiger partial charge in [0.05, 0.1) is 29.2 Å². The van der Waals surface area contributed by atoms with Crippen LogP contribution in [0.4, 0.5) is 21.5 Å². The first kappa shape index (κ1) is 13.2. The fraction of sp³-hybridized carbons (Fsp3) is 0.500. The maximum absolute atomic E-state index is 14.1.